The molecule has 3 aromatic rings. The smallest absolute Gasteiger partial charge is 0.261 e. The summed E-state index contributed by atoms with van der Waals surface area (Å²) in [7, 11) is 0. The van der Waals surface area contributed by atoms with Gasteiger partial charge < -0.3 is 14.7 Å². The molecule has 0 radical (unpaired) electrons. The number of fused-ring (bicyclic) bond motifs is 1. The molecule has 2 N–H and O–H groups in total. The zero-order valence-electron chi connectivity index (χ0n) is 11.5. The van der Waals surface area contributed by atoms with Crippen molar-refractivity contribution in [2.75, 3.05) is 0 Å². The highest BCUT2D eigenvalue weighted by molar-refractivity contribution is 7.80. The fourth-order valence-electron chi connectivity index (χ4n) is 2.28. The molecule has 106 valence electrons. The molecule has 0 unspecified atom stereocenters. The van der Waals surface area contributed by atoms with Crippen LogP contribution in [0.15, 0.2) is 47.5 Å². The van der Waals surface area contributed by atoms with E-state index >= 15 is 0 Å². The summed E-state index contributed by atoms with van der Waals surface area (Å²) in [6.07, 6.45) is 3.83. The molecule has 0 bridgehead atoms. The zero-order valence-corrected chi connectivity index (χ0v) is 12.3. The third-order valence-corrected chi connectivity index (χ3v) is 3.61. The van der Waals surface area contributed by atoms with Crippen LogP contribution in [0.3, 0.4) is 0 Å². The van der Waals surface area contributed by atoms with Gasteiger partial charge in [0.1, 0.15) is 10.6 Å². The van der Waals surface area contributed by atoms with Crippen LogP contribution in [0.25, 0.3) is 5.65 Å². The van der Waals surface area contributed by atoms with Crippen molar-refractivity contribution in [3.05, 3.63) is 70.0 Å². The number of thiocarbonyl (C=S) groups is 1. The number of pyridine rings is 2. The third kappa shape index (κ3) is 2.45. The second-order valence-electron chi connectivity index (χ2n) is 4.84. The van der Waals surface area contributed by atoms with Crippen molar-refractivity contribution in [1.82, 2.24) is 14.0 Å². The van der Waals surface area contributed by atoms with E-state index in [2.05, 4.69) is 4.98 Å². The molecule has 0 fully saturated rings. The minimum absolute atomic E-state index is 0.115. The Balaban J connectivity index is 2.07. The van der Waals surface area contributed by atoms with Gasteiger partial charge in [0.05, 0.1) is 17.8 Å². The molecule has 0 aromatic carbocycles. The number of nitrogens with zero attached hydrogens (tertiary/aromatic N) is 3. The lowest BCUT2D eigenvalue weighted by molar-refractivity contribution is 0.715. The van der Waals surface area contributed by atoms with E-state index in [1.54, 1.807) is 10.6 Å². The Morgan fingerprint density at radius 1 is 1.33 bits per heavy atom. The van der Waals surface area contributed by atoms with Gasteiger partial charge >= 0.3 is 0 Å². The maximum atomic E-state index is 12.4. The van der Waals surface area contributed by atoms with Crippen molar-refractivity contribution in [3.63, 3.8) is 0 Å². The number of hydrogen-bond donors (Lipinski definition) is 1. The van der Waals surface area contributed by atoms with Crippen LogP contribution in [0.2, 0.25) is 0 Å². The first-order chi connectivity index (χ1) is 10.1. The van der Waals surface area contributed by atoms with E-state index in [9.17, 15) is 4.79 Å². The zero-order chi connectivity index (χ0) is 15.0. The average molecular weight is 298 g/mol. The standard InChI is InChI=1S/C15H14N4OS/c1-10-5-6-12(14(16)21)15(20)19(10)9-11-8-18-7-3-2-4-13(18)17-11/h2-8H,9H2,1H3,(H2,16,21). The van der Waals surface area contributed by atoms with Crippen LogP contribution in [0, 0.1) is 6.92 Å². The Hall–Kier alpha value is -2.47. The minimum atomic E-state index is -0.181. The Bertz CT molecular complexity index is 861. The van der Waals surface area contributed by atoms with E-state index in [1.807, 2.05) is 48.0 Å². The average Bonchev–Trinajstić information content (AvgIpc) is 2.85. The minimum Gasteiger partial charge on any atom is -0.389 e. The van der Waals surface area contributed by atoms with Crippen LogP contribution < -0.4 is 11.3 Å². The fourth-order valence-corrected chi connectivity index (χ4v) is 2.44. The summed E-state index contributed by atoms with van der Waals surface area (Å²) in [5.74, 6) is 0. The molecule has 6 heteroatoms. The van der Waals surface area contributed by atoms with E-state index in [-0.39, 0.29) is 10.5 Å². The van der Waals surface area contributed by atoms with Gasteiger partial charge in [-0.2, -0.15) is 0 Å². The molecule has 0 saturated heterocycles. The van der Waals surface area contributed by atoms with Crippen molar-refractivity contribution in [2.45, 2.75) is 13.5 Å². The molecular weight excluding hydrogens is 284 g/mol. The first-order valence-corrected chi connectivity index (χ1v) is 6.90. The lowest BCUT2D eigenvalue weighted by Gasteiger charge is -2.09. The summed E-state index contributed by atoms with van der Waals surface area (Å²) in [6.45, 7) is 2.27. The van der Waals surface area contributed by atoms with Crippen LogP contribution in [0.1, 0.15) is 17.0 Å². The maximum Gasteiger partial charge on any atom is 0.261 e. The molecule has 3 aromatic heterocycles. The quantitative estimate of drug-likeness (QED) is 0.744. The number of imidazole rings is 1. The molecule has 5 nitrogen and oxygen atoms in total. The van der Waals surface area contributed by atoms with Crippen LogP contribution in [-0.2, 0) is 6.54 Å². The molecule has 0 amide bonds. The van der Waals surface area contributed by atoms with E-state index < -0.39 is 0 Å². The van der Waals surface area contributed by atoms with Crippen molar-refractivity contribution >= 4 is 22.9 Å². The Kier molecular flexibility index (Phi) is 3.31. The van der Waals surface area contributed by atoms with Crippen LogP contribution in [0.4, 0.5) is 0 Å². The summed E-state index contributed by atoms with van der Waals surface area (Å²) in [5.41, 5.74) is 8.27. The lowest BCUT2D eigenvalue weighted by atomic mass is 10.2. The topological polar surface area (TPSA) is 65.3 Å². The number of hydrogen-bond acceptors (Lipinski definition) is 3. The first kappa shape index (κ1) is 13.5. The van der Waals surface area contributed by atoms with Crippen molar-refractivity contribution < 1.29 is 0 Å². The summed E-state index contributed by atoms with van der Waals surface area (Å²) in [4.78, 5) is 17.0. The van der Waals surface area contributed by atoms with Crippen LogP contribution >= 0.6 is 12.2 Å². The number of nitrogens with two attached hydrogens (primary N) is 1. The van der Waals surface area contributed by atoms with Gasteiger partial charge in [-0.05, 0) is 31.2 Å². The molecule has 0 atom stereocenters. The largest absolute Gasteiger partial charge is 0.389 e. The summed E-state index contributed by atoms with van der Waals surface area (Å²) in [6, 6.07) is 9.29. The number of aromatic nitrogens is 3. The summed E-state index contributed by atoms with van der Waals surface area (Å²) in [5, 5.41) is 0. The molecule has 0 spiro atoms. The van der Waals surface area contributed by atoms with E-state index in [0.29, 0.717) is 12.1 Å². The van der Waals surface area contributed by atoms with Crippen LogP contribution in [0.5, 0.6) is 0 Å². The molecule has 0 saturated carbocycles. The van der Waals surface area contributed by atoms with Crippen molar-refractivity contribution in [3.8, 4) is 0 Å². The molecule has 0 aliphatic rings. The van der Waals surface area contributed by atoms with Gasteiger partial charge in [0.15, 0.2) is 0 Å². The van der Waals surface area contributed by atoms with Crippen molar-refractivity contribution in [2.24, 2.45) is 5.73 Å². The second kappa shape index (κ2) is 5.14. The van der Waals surface area contributed by atoms with Gasteiger partial charge in [-0.1, -0.05) is 18.3 Å². The molecular formula is C15H14N4OS. The number of aryl methyl sites for hydroxylation is 1. The SMILES string of the molecule is Cc1ccc(C(N)=S)c(=O)n1Cc1cn2ccccc2n1. The summed E-state index contributed by atoms with van der Waals surface area (Å²) >= 11 is 4.91. The Morgan fingerprint density at radius 3 is 2.86 bits per heavy atom. The maximum absolute atomic E-state index is 12.4. The fraction of sp³-hybridized carbons (Fsp3) is 0.133. The molecule has 0 aliphatic heterocycles. The van der Waals surface area contributed by atoms with Gasteiger partial charge in [-0.25, -0.2) is 4.98 Å². The van der Waals surface area contributed by atoms with Gasteiger partial charge in [0.25, 0.3) is 5.56 Å². The first-order valence-electron chi connectivity index (χ1n) is 6.49. The van der Waals surface area contributed by atoms with E-state index in [0.717, 1.165) is 17.0 Å². The third-order valence-electron chi connectivity index (χ3n) is 3.39. The van der Waals surface area contributed by atoms with Crippen LogP contribution in [-0.4, -0.2) is 18.9 Å². The van der Waals surface area contributed by atoms with Gasteiger partial charge in [0, 0.05) is 18.1 Å². The van der Waals surface area contributed by atoms with Gasteiger partial charge in [0.2, 0.25) is 0 Å². The summed E-state index contributed by atoms with van der Waals surface area (Å²) < 4.78 is 3.56. The molecule has 21 heavy (non-hydrogen) atoms. The van der Waals surface area contributed by atoms with Crippen molar-refractivity contribution in [1.29, 1.82) is 0 Å². The highest BCUT2D eigenvalue weighted by Gasteiger charge is 2.10. The highest BCUT2D eigenvalue weighted by Crippen LogP contribution is 2.07. The predicted molar refractivity (Wildman–Crippen MR) is 85.6 cm³/mol. The van der Waals surface area contributed by atoms with Gasteiger partial charge in [-0.3, -0.25) is 4.79 Å². The normalized spacial score (nSPS) is 10.9. The molecule has 3 heterocycles. The monoisotopic (exact) mass is 298 g/mol. The van der Waals surface area contributed by atoms with Gasteiger partial charge in [-0.15, -0.1) is 0 Å². The highest BCUT2D eigenvalue weighted by atomic mass is 32.1. The molecule has 3 rings (SSSR count). The Morgan fingerprint density at radius 2 is 2.14 bits per heavy atom. The molecule has 0 aliphatic carbocycles. The van der Waals surface area contributed by atoms with E-state index in [1.165, 1.54) is 0 Å². The predicted octanol–water partition coefficient (Wildman–Crippen LogP) is 1.49. The Labute approximate surface area is 126 Å². The number of rotatable bonds is 3. The lowest BCUT2D eigenvalue weighted by Crippen LogP contribution is -2.30. The van der Waals surface area contributed by atoms with E-state index in [4.69, 9.17) is 18.0 Å². The second-order valence-corrected chi connectivity index (χ2v) is 5.28.